The first kappa shape index (κ1) is 26.7. The van der Waals surface area contributed by atoms with E-state index >= 15 is 0 Å². The van der Waals surface area contributed by atoms with Gasteiger partial charge >= 0.3 is 12.7 Å². The van der Waals surface area contributed by atoms with Gasteiger partial charge < -0.3 is 24.3 Å². The lowest BCUT2D eigenvalue weighted by molar-refractivity contribution is -0.844. The molecule has 3 heterocycles. The molecule has 0 spiro atoms. The summed E-state index contributed by atoms with van der Waals surface area (Å²) in [5, 5.41) is 5.96. The molecule has 0 saturated carbocycles. The smallest absolute Gasteiger partial charge is 0.549 e. The first-order chi connectivity index (χ1) is 17.6. The van der Waals surface area contributed by atoms with Crippen LogP contribution in [0.5, 0.6) is 0 Å². The lowest BCUT2D eigenvalue weighted by atomic mass is 9.57. The van der Waals surface area contributed by atoms with Crippen molar-refractivity contribution in [2.75, 3.05) is 13.7 Å². The Morgan fingerprint density at radius 3 is 2.54 bits per heavy atom. The SMILES string of the molecule is CC(C)C[C@H](NC(=O)[C@H](Cc1ccccc1)NC(=O)c1cnccn1)[B-]12OC[C@H](C)[N+]1(C)[C@@H](C)C(=O)O2. The zero-order chi connectivity index (χ0) is 26.8. The number of hydrogen-bond donors (Lipinski definition) is 2. The van der Waals surface area contributed by atoms with E-state index in [1.807, 2.05) is 65.1 Å². The van der Waals surface area contributed by atoms with Crippen LogP contribution in [0.4, 0.5) is 0 Å². The maximum absolute atomic E-state index is 13.8. The number of likely N-dealkylation sites (N-methyl/N-ethyl adjacent to an activating group) is 1. The van der Waals surface area contributed by atoms with E-state index in [-0.39, 0.29) is 40.3 Å². The first-order valence-electron chi connectivity index (χ1n) is 12.9. The molecule has 37 heavy (non-hydrogen) atoms. The fourth-order valence-corrected chi connectivity index (χ4v) is 5.71. The largest absolute Gasteiger partial charge is 0.609 e. The Kier molecular flexibility index (Phi) is 7.65. The zero-order valence-corrected chi connectivity index (χ0v) is 22.1. The van der Waals surface area contributed by atoms with Crippen molar-refractivity contribution in [1.82, 2.24) is 20.6 Å². The molecule has 2 aliphatic heterocycles. The molecule has 0 aliphatic carbocycles. The van der Waals surface area contributed by atoms with Gasteiger partial charge in [-0.1, -0.05) is 50.6 Å². The first-order valence-corrected chi connectivity index (χ1v) is 12.9. The van der Waals surface area contributed by atoms with Crippen LogP contribution in [0.2, 0.25) is 0 Å². The zero-order valence-electron chi connectivity index (χ0n) is 22.1. The van der Waals surface area contributed by atoms with E-state index in [0.717, 1.165) is 5.56 Å². The molecule has 1 aromatic carbocycles. The van der Waals surface area contributed by atoms with Crippen molar-refractivity contribution in [2.45, 2.75) is 64.6 Å². The van der Waals surface area contributed by atoms with Crippen LogP contribution in [0, 0.1) is 5.92 Å². The summed E-state index contributed by atoms with van der Waals surface area (Å²) in [6.07, 6.45) is 5.07. The minimum absolute atomic E-state index is 0.0180. The molecular weight excluding hydrogens is 473 g/mol. The number of fused-ring (bicyclic) bond motifs is 1. The van der Waals surface area contributed by atoms with Crippen molar-refractivity contribution in [3.63, 3.8) is 0 Å². The Bertz CT molecular complexity index is 1140. The minimum atomic E-state index is -2.22. The van der Waals surface area contributed by atoms with E-state index in [4.69, 9.17) is 9.31 Å². The molecule has 2 saturated heterocycles. The molecule has 10 nitrogen and oxygen atoms in total. The number of nitrogens with one attached hydrogen (secondary N) is 2. The highest BCUT2D eigenvalue weighted by atomic mass is 16.7. The van der Waals surface area contributed by atoms with Crippen LogP contribution in [0.15, 0.2) is 48.9 Å². The van der Waals surface area contributed by atoms with Crippen LogP contribution in [0.25, 0.3) is 0 Å². The van der Waals surface area contributed by atoms with Crippen molar-refractivity contribution in [1.29, 1.82) is 0 Å². The van der Waals surface area contributed by atoms with Gasteiger partial charge in [-0.3, -0.25) is 14.6 Å². The predicted molar refractivity (Wildman–Crippen MR) is 138 cm³/mol. The summed E-state index contributed by atoms with van der Waals surface area (Å²) in [7, 11) is 1.98. The molecule has 0 radical (unpaired) electrons. The highest BCUT2D eigenvalue weighted by Gasteiger charge is 2.70. The summed E-state index contributed by atoms with van der Waals surface area (Å²) in [4.78, 5) is 47.6. The summed E-state index contributed by atoms with van der Waals surface area (Å²) >= 11 is 0. The van der Waals surface area contributed by atoms with Gasteiger partial charge in [0.05, 0.1) is 18.8 Å². The van der Waals surface area contributed by atoms with Crippen LogP contribution in [-0.2, 0) is 25.3 Å². The molecule has 6 atom stereocenters. The van der Waals surface area contributed by atoms with E-state index < -0.39 is 30.6 Å². The van der Waals surface area contributed by atoms with Crippen LogP contribution in [0.3, 0.4) is 0 Å². The van der Waals surface area contributed by atoms with E-state index in [0.29, 0.717) is 13.0 Å². The molecule has 2 aromatic rings. The fourth-order valence-electron chi connectivity index (χ4n) is 5.71. The topological polar surface area (TPSA) is 120 Å². The van der Waals surface area contributed by atoms with E-state index in [1.54, 1.807) is 0 Å². The highest BCUT2D eigenvalue weighted by Crippen LogP contribution is 2.44. The van der Waals surface area contributed by atoms with Crippen LogP contribution in [-0.4, -0.2) is 76.6 Å². The number of carbonyl (C=O) groups excluding carboxylic acids is 3. The number of hydrogen-bond acceptors (Lipinski definition) is 7. The van der Waals surface area contributed by atoms with Crippen molar-refractivity contribution in [3.05, 3.63) is 60.2 Å². The number of amides is 2. The average molecular weight is 509 g/mol. The molecule has 2 aliphatic rings. The molecule has 11 heteroatoms. The van der Waals surface area contributed by atoms with Crippen molar-refractivity contribution >= 4 is 24.5 Å². The maximum atomic E-state index is 13.8. The van der Waals surface area contributed by atoms with Crippen molar-refractivity contribution < 1.29 is 28.1 Å². The Hall–Kier alpha value is -3.31. The van der Waals surface area contributed by atoms with Crippen LogP contribution >= 0.6 is 0 Å². The Balaban J connectivity index is 1.64. The normalized spacial score (nSPS) is 28.3. The quantitative estimate of drug-likeness (QED) is 0.494. The van der Waals surface area contributed by atoms with Gasteiger partial charge in [0.15, 0.2) is 0 Å². The highest BCUT2D eigenvalue weighted by molar-refractivity contribution is 6.65. The second kappa shape index (κ2) is 10.6. The third-order valence-corrected chi connectivity index (χ3v) is 8.02. The van der Waals surface area contributed by atoms with Crippen molar-refractivity contribution in [2.24, 2.45) is 5.92 Å². The number of carbonyl (C=O) groups is 3. The third-order valence-electron chi connectivity index (χ3n) is 8.02. The predicted octanol–water partition coefficient (Wildman–Crippen LogP) is 1.64. The molecule has 2 unspecified atom stereocenters. The molecule has 2 fully saturated rings. The second-order valence-corrected chi connectivity index (χ2v) is 10.8. The monoisotopic (exact) mass is 509 g/mol. The van der Waals surface area contributed by atoms with E-state index in [9.17, 15) is 14.4 Å². The number of nitrogens with zero attached hydrogens (tertiary/aromatic N) is 3. The van der Waals surface area contributed by atoms with Gasteiger partial charge in [-0.05, 0) is 25.3 Å². The Morgan fingerprint density at radius 1 is 1.16 bits per heavy atom. The molecule has 0 bridgehead atoms. The number of benzene rings is 1. The van der Waals surface area contributed by atoms with Crippen LogP contribution in [0.1, 0.15) is 50.2 Å². The summed E-state index contributed by atoms with van der Waals surface area (Å²) in [6.45, 7) is 6.19. The fraction of sp³-hybridized carbons (Fsp3) is 0.500. The Labute approximate surface area is 217 Å². The summed E-state index contributed by atoms with van der Waals surface area (Å²) in [5.74, 6) is -1.59. The summed E-state index contributed by atoms with van der Waals surface area (Å²) in [5.41, 5.74) is 1.00. The van der Waals surface area contributed by atoms with Crippen LogP contribution < -0.4 is 10.6 Å². The number of quaternary nitrogens is 1. The molecule has 198 valence electrons. The number of aromatic nitrogens is 2. The second-order valence-electron chi connectivity index (χ2n) is 10.8. The van der Waals surface area contributed by atoms with Crippen molar-refractivity contribution in [3.8, 4) is 0 Å². The summed E-state index contributed by atoms with van der Waals surface area (Å²) < 4.78 is 12.6. The minimum Gasteiger partial charge on any atom is -0.609 e. The van der Waals surface area contributed by atoms with Gasteiger partial charge in [-0.2, -0.15) is 0 Å². The third kappa shape index (κ3) is 4.97. The maximum Gasteiger partial charge on any atom is 0.549 e. The lowest BCUT2D eigenvalue weighted by Gasteiger charge is -2.51. The molecular formula is C26H36BN5O5. The van der Waals surface area contributed by atoms with Gasteiger partial charge in [0.2, 0.25) is 5.91 Å². The van der Waals surface area contributed by atoms with Gasteiger partial charge in [0, 0.05) is 31.8 Å². The molecule has 1 aromatic heterocycles. The molecule has 4 rings (SSSR count). The Morgan fingerprint density at radius 2 is 1.89 bits per heavy atom. The van der Waals surface area contributed by atoms with E-state index in [2.05, 4.69) is 20.6 Å². The molecule has 2 N–H and O–H groups in total. The van der Waals surface area contributed by atoms with Gasteiger partial charge in [0.1, 0.15) is 17.8 Å². The van der Waals surface area contributed by atoms with Gasteiger partial charge in [-0.15, -0.1) is 0 Å². The lowest BCUT2D eigenvalue weighted by Crippen LogP contribution is -2.74. The average Bonchev–Trinajstić information content (AvgIpc) is 3.25. The number of rotatable bonds is 9. The van der Waals surface area contributed by atoms with E-state index in [1.165, 1.54) is 18.6 Å². The van der Waals surface area contributed by atoms with Gasteiger partial charge in [-0.25, -0.2) is 9.78 Å². The van der Waals surface area contributed by atoms with Gasteiger partial charge in [0.25, 0.3) is 5.91 Å². The molecule has 2 amide bonds. The standard InChI is InChI=1S/C26H36BN5O5/c1-17(2)13-23(27-32(5,18(3)16-36-27)19(4)26(35)37-27)31-24(33)21(14-20-9-7-6-8-10-20)30-25(34)22-15-28-11-12-29-22/h6-12,15,17-19,21,23H,13-14,16H2,1-5H3,(H,30,34)(H,31,33)/t18-,19-,21-,23-,27?,32?/m0/s1. The summed E-state index contributed by atoms with van der Waals surface area (Å²) in [6, 6.07) is 8.17.